The molecule has 0 aliphatic heterocycles. The molecule has 0 heterocycles. The summed E-state index contributed by atoms with van der Waals surface area (Å²) in [5.74, 6) is -4.74. The van der Waals surface area contributed by atoms with Gasteiger partial charge >= 0.3 is 12.1 Å². The van der Waals surface area contributed by atoms with E-state index in [2.05, 4.69) is 0 Å². The van der Waals surface area contributed by atoms with E-state index in [1.54, 1.807) is 12.1 Å². The maximum absolute atomic E-state index is 13.7. The number of carbonyl (C=O) groups is 1. The fourth-order valence-electron chi connectivity index (χ4n) is 3.42. The van der Waals surface area contributed by atoms with Gasteiger partial charge in [0.25, 0.3) is 0 Å². The predicted molar refractivity (Wildman–Crippen MR) is 89.0 cm³/mol. The highest BCUT2D eigenvalue weighted by atomic mass is 19.4. The number of hydrogen-bond donors (Lipinski definition) is 2. The van der Waals surface area contributed by atoms with Crippen LogP contribution in [0.4, 0.5) is 13.2 Å². The van der Waals surface area contributed by atoms with Crippen LogP contribution < -0.4 is 0 Å². The van der Waals surface area contributed by atoms with Gasteiger partial charge in [0.15, 0.2) is 0 Å². The number of alkyl halides is 3. The zero-order valence-electron chi connectivity index (χ0n) is 14.1. The van der Waals surface area contributed by atoms with Crippen LogP contribution in [0.3, 0.4) is 0 Å². The highest BCUT2D eigenvalue weighted by molar-refractivity contribution is 5.86. The van der Waals surface area contributed by atoms with Crippen molar-refractivity contribution in [1.29, 1.82) is 0 Å². The van der Waals surface area contributed by atoms with Gasteiger partial charge in [0.05, 0.1) is 0 Å². The molecule has 2 atom stereocenters. The number of hydrogen-bond acceptors (Lipinski definition) is 2. The predicted octanol–water partition coefficient (Wildman–Crippen LogP) is 5.14. The average Bonchev–Trinajstić information content (AvgIpc) is 2.52. The van der Waals surface area contributed by atoms with Crippen LogP contribution in [0.2, 0.25) is 0 Å². The number of aliphatic hydroxyl groups is 1. The standard InChI is InChI=1S/C19H21F3O3/c1-3-4-7-13-8-5-6-9-15(13)14-10-11-16(23)18(12(14)2,17(24)25)19(20,21)22/h5-6,8-12,23H,3-4,7H2,1-2H3,(H,24,25). The summed E-state index contributed by atoms with van der Waals surface area (Å²) >= 11 is 0. The normalized spacial score (nSPS) is 23.8. The van der Waals surface area contributed by atoms with Gasteiger partial charge in [-0.3, -0.25) is 4.79 Å². The summed E-state index contributed by atoms with van der Waals surface area (Å²) in [6.45, 7) is 3.22. The summed E-state index contributed by atoms with van der Waals surface area (Å²) in [5.41, 5.74) is -1.60. The summed E-state index contributed by atoms with van der Waals surface area (Å²) in [4.78, 5) is 11.6. The van der Waals surface area contributed by atoms with Gasteiger partial charge in [-0.25, -0.2) is 0 Å². The van der Waals surface area contributed by atoms with Crippen molar-refractivity contribution >= 4 is 11.5 Å². The number of carboxylic acids is 1. The van der Waals surface area contributed by atoms with Crippen LogP contribution in [0.25, 0.3) is 5.57 Å². The van der Waals surface area contributed by atoms with Crippen molar-refractivity contribution < 1.29 is 28.2 Å². The van der Waals surface area contributed by atoms with Crippen molar-refractivity contribution in [3.05, 3.63) is 53.3 Å². The Kier molecular flexibility index (Phi) is 5.30. The van der Waals surface area contributed by atoms with Crippen molar-refractivity contribution in [2.75, 3.05) is 0 Å². The number of rotatable bonds is 5. The van der Waals surface area contributed by atoms with Gasteiger partial charge in [0.1, 0.15) is 5.76 Å². The molecule has 0 fully saturated rings. The van der Waals surface area contributed by atoms with Crippen LogP contribution in [0.1, 0.15) is 37.8 Å². The lowest BCUT2D eigenvalue weighted by Gasteiger charge is -2.39. The van der Waals surface area contributed by atoms with Crippen molar-refractivity contribution in [2.24, 2.45) is 11.3 Å². The first-order chi connectivity index (χ1) is 11.7. The Labute approximate surface area is 144 Å². The quantitative estimate of drug-likeness (QED) is 0.770. The van der Waals surface area contributed by atoms with Crippen LogP contribution in [-0.4, -0.2) is 22.4 Å². The number of carboxylic acid groups (broad SMARTS) is 1. The number of aliphatic hydroxyl groups excluding tert-OH is 1. The first-order valence-electron chi connectivity index (χ1n) is 8.17. The molecule has 3 nitrogen and oxygen atoms in total. The minimum absolute atomic E-state index is 0.268. The van der Waals surface area contributed by atoms with Crippen molar-refractivity contribution in [1.82, 2.24) is 0 Å². The average molecular weight is 354 g/mol. The number of unbranched alkanes of at least 4 members (excludes halogenated alkanes) is 1. The lowest BCUT2D eigenvalue weighted by molar-refractivity contribution is -0.235. The topological polar surface area (TPSA) is 57.5 Å². The third kappa shape index (κ3) is 3.05. The molecule has 25 heavy (non-hydrogen) atoms. The Balaban J connectivity index is 2.61. The Bertz CT molecular complexity index is 719. The second-order valence-corrected chi connectivity index (χ2v) is 6.27. The van der Waals surface area contributed by atoms with Gasteiger partial charge in [-0.05, 0) is 35.6 Å². The maximum atomic E-state index is 13.7. The lowest BCUT2D eigenvalue weighted by atomic mass is 9.66. The van der Waals surface area contributed by atoms with E-state index < -0.39 is 29.2 Å². The van der Waals surface area contributed by atoms with E-state index in [1.165, 1.54) is 13.0 Å². The van der Waals surface area contributed by atoms with Crippen LogP contribution in [0, 0.1) is 11.3 Å². The van der Waals surface area contributed by atoms with E-state index in [9.17, 15) is 28.2 Å². The van der Waals surface area contributed by atoms with Crippen LogP contribution in [-0.2, 0) is 11.2 Å². The molecule has 0 saturated carbocycles. The SMILES string of the molecule is CCCCc1ccccc1C1=CC=C(O)C(C(=O)O)(C(F)(F)F)C1C. The molecule has 0 radical (unpaired) electrons. The number of allylic oxidation sites excluding steroid dienone is 3. The highest BCUT2D eigenvalue weighted by Crippen LogP contribution is 2.55. The Morgan fingerprint density at radius 3 is 2.44 bits per heavy atom. The molecule has 1 aliphatic rings. The fourth-order valence-corrected chi connectivity index (χ4v) is 3.42. The molecule has 2 rings (SSSR count). The molecule has 0 bridgehead atoms. The van der Waals surface area contributed by atoms with Gasteiger partial charge < -0.3 is 10.2 Å². The Morgan fingerprint density at radius 1 is 1.24 bits per heavy atom. The lowest BCUT2D eigenvalue weighted by Crippen LogP contribution is -2.52. The second-order valence-electron chi connectivity index (χ2n) is 6.27. The van der Waals surface area contributed by atoms with Gasteiger partial charge in [0, 0.05) is 5.92 Å². The third-order valence-corrected chi connectivity index (χ3v) is 4.85. The summed E-state index contributed by atoms with van der Waals surface area (Å²) in [7, 11) is 0. The van der Waals surface area contributed by atoms with E-state index in [-0.39, 0.29) is 5.57 Å². The van der Waals surface area contributed by atoms with E-state index in [0.717, 1.165) is 24.5 Å². The third-order valence-electron chi connectivity index (χ3n) is 4.85. The number of aryl methyl sites for hydroxylation is 1. The van der Waals surface area contributed by atoms with Crippen LogP contribution in [0.15, 0.2) is 42.2 Å². The molecule has 0 aromatic heterocycles. The molecular weight excluding hydrogens is 333 g/mol. The Morgan fingerprint density at radius 2 is 1.88 bits per heavy atom. The summed E-state index contributed by atoms with van der Waals surface area (Å²) in [6, 6.07) is 7.07. The van der Waals surface area contributed by atoms with Gasteiger partial charge in [-0.15, -0.1) is 0 Å². The number of benzene rings is 1. The van der Waals surface area contributed by atoms with Crippen molar-refractivity contribution in [3.63, 3.8) is 0 Å². The summed E-state index contributed by atoms with van der Waals surface area (Å²) in [5, 5.41) is 19.3. The molecule has 0 saturated heterocycles. The fraction of sp³-hybridized carbons (Fsp3) is 0.421. The number of halogens is 3. The molecule has 0 amide bonds. The second kappa shape index (κ2) is 6.94. The molecule has 6 heteroatoms. The minimum atomic E-state index is -5.13. The van der Waals surface area contributed by atoms with E-state index >= 15 is 0 Å². The maximum Gasteiger partial charge on any atom is 0.412 e. The van der Waals surface area contributed by atoms with Gasteiger partial charge in [-0.1, -0.05) is 50.6 Å². The molecule has 1 aromatic rings. The molecule has 1 aromatic carbocycles. The van der Waals surface area contributed by atoms with Crippen LogP contribution in [0.5, 0.6) is 0 Å². The molecule has 1 aliphatic carbocycles. The minimum Gasteiger partial charge on any atom is -0.511 e. The zero-order chi connectivity index (χ0) is 18.8. The highest BCUT2D eigenvalue weighted by Gasteiger charge is 2.68. The van der Waals surface area contributed by atoms with Crippen LogP contribution >= 0.6 is 0 Å². The van der Waals surface area contributed by atoms with Gasteiger partial charge in [-0.2, -0.15) is 13.2 Å². The molecule has 0 spiro atoms. The molecule has 136 valence electrons. The molecule has 2 unspecified atom stereocenters. The van der Waals surface area contributed by atoms with Gasteiger partial charge in [0.2, 0.25) is 5.41 Å². The zero-order valence-corrected chi connectivity index (χ0v) is 14.1. The largest absolute Gasteiger partial charge is 0.511 e. The van der Waals surface area contributed by atoms with Crippen molar-refractivity contribution in [3.8, 4) is 0 Å². The summed E-state index contributed by atoms with van der Waals surface area (Å²) < 4.78 is 41.2. The number of aliphatic carboxylic acids is 1. The monoisotopic (exact) mass is 354 g/mol. The van der Waals surface area contributed by atoms with E-state index in [1.807, 2.05) is 19.1 Å². The first kappa shape index (κ1) is 19.1. The Hall–Kier alpha value is -2.24. The summed E-state index contributed by atoms with van der Waals surface area (Å²) in [6.07, 6.45) is -0.380. The van der Waals surface area contributed by atoms with E-state index in [0.29, 0.717) is 12.0 Å². The smallest absolute Gasteiger partial charge is 0.412 e. The molecular formula is C19H21F3O3. The first-order valence-corrected chi connectivity index (χ1v) is 8.17. The van der Waals surface area contributed by atoms with E-state index in [4.69, 9.17) is 0 Å². The van der Waals surface area contributed by atoms with Crippen molar-refractivity contribution in [2.45, 2.75) is 39.3 Å². The molecule has 2 N–H and O–H groups in total.